The van der Waals surface area contributed by atoms with E-state index in [2.05, 4.69) is 18.1 Å². The van der Waals surface area contributed by atoms with Gasteiger partial charge in [-0.05, 0) is 26.2 Å². The van der Waals surface area contributed by atoms with Crippen molar-refractivity contribution in [2.75, 3.05) is 20.3 Å². The van der Waals surface area contributed by atoms with Crippen molar-refractivity contribution in [1.29, 1.82) is 0 Å². The van der Waals surface area contributed by atoms with Crippen LogP contribution < -0.4 is 0 Å². The van der Waals surface area contributed by atoms with Crippen LogP contribution in [0, 0.1) is 0 Å². The lowest BCUT2D eigenvalue weighted by atomic mass is 9.96. The number of hydrogen-bond donors (Lipinski definition) is 0. The molecule has 1 amide bonds. The molecule has 1 aromatic heterocycles. The van der Waals surface area contributed by atoms with Crippen LogP contribution in [-0.4, -0.2) is 40.8 Å². The van der Waals surface area contributed by atoms with Crippen molar-refractivity contribution in [2.45, 2.75) is 45.2 Å². The Morgan fingerprint density at radius 2 is 2.38 bits per heavy atom. The van der Waals surface area contributed by atoms with Crippen LogP contribution in [0.5, 0.6) is 0 Å². The molecule has 0 saturated carbocycles. The summed E-state index contributed by atoms with van der Waals surface area (Å²) >= 11 is 0. The second-order valence-electron chi connectivity index (χ2n) is 5.83. The van der Waals surface area contributed by atoms with Gasteiger partial charge in [-0.1, -0.05) is 6.08 Å². The number of rotatable bonds is 4. The van der Waals surface area contributed by atoms with Crippen LogP contribution >= 0.6 is 0 Å². The molecule has 0 radical (unpaired) electrons. The normalized spacial score (nSPS) is 21.3. The highest BCUT2D eigenvalue weighted by Gasteiger charge is 2.32. The van der Waals surface area contributed by atoms with Crippen molar-refractivity contribution in [3.63, 3.8) is 0 Å². The number of methoxy groups -OCH3 is 1. The van der Waals surface area contributed by atoms with Crippen molar-refractivity contribution in [2.24, 2.45) is 0 Å². The Hall–Kier alpha value is -1.62. The van der Waals surface area contributed by atoms with E-state index >= 15 is 0 Å². The van der Waals surface area contributed by atoms with Crippen LogP contribution in [0.15, 0.2) is 17.8 Å². The number of aromatic nitrogens is 2. The monoisotopic (exact) mass is 289 g/mol. The first-order valence-corrected chi connectivity index (χ1v) is 7.76. The topological polar surface area (TPSA) is 47.4 Å². The van der Waals surface area contributed by atoms with Gasteiger partial charge < -0.3 is 9.64 Å². The van der Waals surface area contributed by atoms with E-state index in [0.717, 1.165) is 43.5 Å². The highest BCUT2D eigenvalue weighted by atomic mass is 16.5. The van der Waals surface area contributed by atoms with E-state index in [1.165, 1.54) is 5.69 Å². The molecular weight excluding hydrogens is 266 g/mol. The van der Waals surface area contributed by atoms with Gasteiger partial charge >= 0.3 is 0 Å². The highest BCUT2D eigenvalue weighted by Crippen LogP contribution is 2.30. The number of fused-ring (bicyclic) bond motifs is 1. The van der Waals surface area contributed by atoms with Crippen LogP contribution in [0.25, 0.3) is 0 Å². The molecule has 1 unspecified atom stereocenters. The summed E-state index contributed by atoms with van der Waals surface area (Å²) in [5.41, 5.74) is 3.39. The van der Waals surface area contributed by atoms with Gasteiger partial charge in [0.15, 0.2) is 0 Å². The lowest BCUT2D eigenvalue weighted by Crippen LogP contribution is -2.40. The van der Waals surface area contributed by atoms with E-state index < -0.39 is 0 Å². The summed E-state index contributed by atoms with van der Waals surface area (Å²) in [5.74, 6) is 0.413. The summed E-state index contributed by atoms with van der Waals surface area (Å²) in [7, 11) is 1.71. The molecule has 1 atom stereocenters. The molecule has 21 heavy (non-hydrogen) atoms. The molecule has 0 fully saturated rings. The summed E-state index contributed by atoms with van der Waals surface area (Å²) in [4.78, 5) is 14.6. The first-order chi connectivity index (χ1) is 10.2. The molecule has 5 nitrogen and oxygen atoms in total. The van der Waals surface area contributed by atoms with E-state index in [1.54, 1.807) is 7.11 Å². The average Bonchev–Trinajstić information content (AvgIpc) is 3.16. The standard InChI is InChI=1S/C16H23N3O2/c1-3-19-15-13(8-17-19)9-18(10-14(15)11-21-2)16(20)12-6-4-5-7-12/h6,8,14H,3-5,7,9-11H2,1-2H3. The Labute approximate surface area is 125 Å². The quantitative estimate of drug-likeness (QED) is 0.852. The van der Waals surface area contributed by atoms with Crippen LogP contribution in [-0.2, 0) is 22.6 Å². The number of hydrogen-bond acceptors (Lipinski definition) is 3. The van der Waals surface area contributed by atoms with E-state index in [9.17, 15) is 4.79 Å². The highest BCUT2D eigenvalue weighted by molar-refractivity contribution is 5.94. The first-order valence-electron chi connectivity index (χ1n) is 7.76. The molecule has 1 aliphatic heterocycles. The summed E-state index contributed by atoms with van der Waals surface area (Å²) in [6.45, 7) is 4.97. The fourth-order valence-electron chi connectivity index (χ4n) is 3.46. The molecule has 3 rings (SSSR count). The molecular formula is C16H23N3O2. The van der Waals surface area contributed by atoms with Gasteiger partial charge in [0.2, 0.25) is 5.91 Å². The summed E-state index contributed by atoms with van der Waals surface area (Å²) in [5, 5.41) is 4.45. The maximum Gasteiger partial charge on any atom is 0.249 e. The molecule has 0 bridgehead atoms. The molecule has 0 saturated heterocycles. The van der Waals surface area contributed by atoms with Crippen LogP contribution in [0.3, 0.4) is 0 Å². The van der Waals surface area contributed by atoms with E-state index in [1.807, 2.05) is 15.8 Å². The van der Waals surface area contributed by atoms with Crippen LogP contribution in [0.2, 0.25) is 0 Å². The number of aryl methyl sites for hydroxylation is 1. The van der Waals surface area contributed by atoms with Gasteiger partial charge in [0, 0.05) is 43.8 Å². The van der Waals surface area contributed by atoms with Crippen LogP contribution in [0.1, 0.15) is 43.4 Å². The fraction of sp³-hybridized carbons (Fsp3) is 0.625. The Balaban J connectivity index is 1.85. The van der Waals surface area contributed by atoms with Crippen molar-refractivity contribution >= 4 is 5.91 Å². The predicted molar refractivity (Wildman–Crippen MR) is 79.9 cm³/mol. The second kappa shape index (κ2) is 6.02. The number of carbonyl (C=O) groups is 1. The number of carbonyl (C=O) groups excluding carboxylic acids is 1. The van der Waals surface area contributed by atoms with Gasteiger partial charge in [-0.2, -0.15) is 5.10 Å². The van der Waals surface area contributed by atoms with E-state index in [-0.39, 0.29) is 11.8 Å². The third-order valence-corrected chi connectivity index (χ3v) is 4.42. The number of ether oxygens (including phenoxy) is 1. The third-order valence-electron chi connectivity index (χ3n) is 4.42. The zero-order valence-corrected chi connectivity index (χ0v) is 12.8. The molecule has 5 heteroatoms. The van der Waals surface area contributed by atoms with Crippen molar-refractivity contribution in [1.82, 2.24) is 14.7 Å². The van der Waals surface area contributed by atoms with Gasteiger partial charge in [-0.15, -0.1) is 0 Å². The largest absolute Gasteiger partial charge is 0.384 e. The molecule has 0 N–H and O–H groups in total. The Morgan fingerprint density at radius 1 is 1.52 bits per heavy atom. The minimum atomic E-state index is 0.198. The summed E-state index contributed by atoms with van der Waals surface area (Å²) in [6.07, 6.45) is 7.07. The zero-order chi connectivity index (χ0) is 14.8. The minimum absolute atomic E-state index is 0.198. The maximum atomic E-state index is 12.6. The molecule has 114 valence electrons. The third kappa shape index (κ3) is 2.62. The van der Waals surface area contributed by atoms with Gasteiger partial charge in [0.1, 0.15) is 0 Å². The Bertz CT molecular complexity index is 562. The van der Waals surface area contributed by atoms with Gasteiger partial charge in [-0.3, -0.25) is 9.48 Å². The van der Waals surface area contributed by atoms with Gasteiger partial charge in [0.25, 0.3) is 0 Å². The minimum Gasteiger partial charge on any atom is -0.384 e. The zero-order valence-electron chi connectivity index (χ0n) is 12.8. The number of nitrogens with zero attached hydrogens (tertiary/aromatic N) is 3. The molecule has 2 aliphatic rings. The molecule has 1 aromatic rings. The second-order valence-corrected chi connectivity index (χ2v) is 5.83. The number of allylic oxidation sites excluding steroid dienone is 1. The Morgan fingerprint density at radius 3 is 3.05 bits per heavy atom. The van der Waals surface area contributed by atoms with Gasteiger partial charge in [0.05, 0.1) is 18.5 Å². The van der Waals surface area contributed by atoms with E-state index in [0.29, 0.717) is 13.2 Å². The Kier molecular flexibility index (Phi) is 4.10. The molecule has 1 aliphatic carbocycles. The predicted octanol–water partition coefficient (Wildman–Crippen LogP) is 2.09. The smallest absolute Gasteiger partial charge is 0.249 e. The summed E-state index contributed by atoms with van der Waals surface area (Å²) < 4.78 is 7.40. The van der Waals surface area contributed by atoms with Gasteiger partial charge in [-0.25, -0.2) is 0 Å². The van der Waals surface area contributed by atoms with E-state index in [4.69, 9.17) is 4.74 Å². The fourth-order valence-corrected chi connectivity index (χ4v) is 3.46. The lowest BCUT2D eigenvalue weighted by Gasteiger charge is -2.33. The van der Waals surface area contributed by atoms with Crippen molar-refractivity contribution < 1.29 is 9.53 Å². The number of amides is 1. The summed E-state index contributed by atoms with van der Waals surface area (Å²) in [6, 6.07) is 0. The van der Waals surface area contributed by atoms with Crippen LogP contribution in [0.4, 0.5) is 0 Å². The maximum absolute atomic E-state index is 12.6. The molecule has 0 aromatic carbocycles. The first kappa shape index (κ1) is 14.3. The van der Waals surface area contributed by atoms with Crippen molar-refractivity contribution in [3.05, 3.63) is 29.1 Å². The lowest BCUT2D eigenvalue weighted by molar-refractivity contribution is -0.128. The molecule has 0 spiro atoms. The molecule has 2 heterocycles. The average molecular weight is 289 g/mol. The van der Waals surface area contributed by atoms with Crippen molar-refractivity contribution in [3.8, 4) is 0 Å². The SMILES string of the molecule is CCn1ncc2c1C(COC)CN(C(=O)C1=CCCC1)C2.